The molecule has 0 radical (unpaired) electrons. The third kappa shape index (κ3) is 1.70. The van der Waals surface area contributed by atoms with Crippen LogP contribution in [0.2, 0.25) is 0 Å². The fourth-order valence-corrected chi connectivity index (χ4v) is 4.22. The molecule has 0 heterocycles. The van der Waals surface area contributed by atoms with Gasteiger partial charge in [0, 0.05) is 0 Å². The molecule has 2 rings (SSSR count). The second-order valence-electron chi connectivity index (χ2n) is 6.52. The maximum absolute atomic E-state index is 3.79. The lowest BCUT2D eigenvalue weighted by atomic mass is 9.45. The van der Waals surface area contributed by atoms with Gasteiger partial charge in [0.2, 0.25) is 0 Å². The van der Waals surface area contributed by atoms with Gasteiger partial charge < -0.3 is 0 Å². The lowest BCUT2D eigenvalue weighted by Crippen LogP contribution is -2.51. The molecule has 3 unspecified atom stereocenters. The third-order valence-electron chi connectivity index (χ3n) is 4.86. The normalized spacial score (nSPS) is 43.1. The van der Waals surface area contributed by atoms with Gasteiger partial charge in [-0.25, -0.2) is 0 Å². The van der Waals surface area contributed by atoms with E-state index in [0.717, 1.165) is 11.8 Å². The highest BCUT2D eigenvalue weighted by Crippen LogP contribution is 2.65. The van der Waals surface area contributed by atoms with Crippen LogP contribution in [0.25, 0.3) is 0 Å². The van der Waals surface area contributed by atoms with Gasteiger partial charge in [-0.1, -0.05) is 33.8 Å². The average molecular weight is 204 g/mol. The van der Waals surface area contributed by atoms with E-state index in [4.69, 9.17) is 0 Å². The number of hydrogen-bond acceptors (Lipinski definition) is 0. The minimum atomic E-state index is 0.468. The largest absolute Gasteiger partial charge is 0.132 e. The summed E-state index contributed by atoms with van der Waals surface area (Å²) in [6.07, 6.45) is 9.23. The molecule has 0 heteroatoms. The number of allylic oxidation sites excluding steroid dienone is 1. The number of fused-ring (bicyclic) bond motifs is 1. The second kappa shape index (κ2) is 3.52. The summed E-state index contributed by atoms with van der Waals surface area (Å²) in [4.78, 5) is 0. The van der Waals surface area contributed by atoms with Crippen molar-refractivity contribution in [1.29, 1.82) is 0 Å². The quantitative estimate of drug-likeness (QED) is 0.549. The van der Waals surface area contributed by atoms with E-state index >= 15 is 0 Å². The highest BCUT2D eigenvalue weighted by atomic mass is 14.6. The van der Waals surface area contributed by atoms with Crippen LogP contribution in [0.1, 0.15) is 52.9 Å². The standard InChI is InChI=1S/C15H24/c1-5-9-15-10-8-12(2)6-7-13(15)14(3,4)11-15/h9,12-13H,1,6-8,10-11H2,2-4H3. The van der Waals surface area contributed by atoms with Crippen LogP contribution < -0.4 is 0 Å². The molecule has 0 bridgehead atoms. The molecule has 0 aromatic carbocycles. The van der Waals surface area contributed by atoms with Gasteiger partial charge in [-0.3, -0.25) is 0 Å². The predicted octanol–water partition coefficient (Wildman–Crippen LogP) is 4.57. The second-order valence-corrected chi connectivity index (χ2v) is 6.52. The minimum absolute atomic E-state index is 0.468. The Labute approximate surface area is 94.5 Å². The Bertz CT molecular complexity index is 293. The van der Waals surface area contributed by atoms with E-state index in [1.54, 1.807) is 0 Å². The molecule has 2 aliphatic rings. The molecule has 0 aliphatic heterocycles. The van der Waals surface area contributed by atoms with Crippen molar-refractivity contribution in [3.8, 4) is 0 Å². The van der Waals surface area contributed by atoms with Gasteiger partial charge in [0.25, 0.3) is 0 Å². The maximum atomic E-state index is 3.79. The summed E-state index contributed by atoms with van der Waals surface area (Å²) in [6, 6.07) is 0. The van der Waals surface area contributed by atoms with Gasteiger partial charge in [-0.15, -0.1) is 5.73 Å². The summed E-state index contributed by atoms with van der Waals surface area (Å²) < 4.78 is 0. The van der Waals surface area contributed by atoms with E-state index in [1.807, 2.05) is 0 Å². The zero-order valence-corrected chi connectivity index (χ0v) is 10.5. The molecule has 84 valence electrons. The summed E-state index contributed by atoms with van der Waals surface area (Å²) in [7, 11) is 0. The molecule has 0 N–H and O–H groups in total. The van der Waals surface area contributed by atoms with Crippen LogP contribution in [0.3, 0.4) is 0 Å². The SMILES string of the molecule is C=C=CC12CCC(C)CCC1C(C)(C)C2. The Kier molecular flexibility index (Phi) is 2.59. The molecular weight excluding hydrogens is 180 g/mol. The summed E-state index contributed by atoms with van der Waals surface area (Å²) >= 11 is 0. The highest BCUT2D eigenvalue weighted by molar-refractivity contribution is 5.15. The fourth-order valence-electron chi connectivity index (χ4n) is 4.22. The zero-order chi connectivity index (χ0) is 11.1. The van der Waals surface area contributed by atoms with Crippen molar-refractivity contribution < 1.29 is 0 Å². The first-order valence-electron chi connectivity index (χ1n) is 6.37. The van der Waals surface area contributed by atoms with E-state index in [9.17, 15) is 0 Å². The third-order valence-corrected chi connectivity index (χ3v) is 4.86. The Balaban J connectivity index is 2.24. The van der Waals surface area contributed by atoms with Crippen LogP contribution in [0.4, 0.5) is 0 Å². The van der Waals surface area contributed by atoms with Crippen molar-refractivity contribution in [3.05, 3.63) is 18.4 Å². The zero-order valence-electron chi connectivity index (χ0n) is 10.5. The number of rotatable bonds is 1. The summed E-state index contributed by atoms with van der Waals surface area (Å²) in [5, 5.41) is 0. The topological polar surface area (TPSA) is 0 Å². The molecule has 2 fully saturated rings. The Morgan fingerprint density at radius 2 is 2.00 bits per heavy atom. The van der Waals surface area contributed by atoms with Crippen molar-refractivity contribution in [3.63, 3.8) is 0 Å². The predicted molar refractivity (Wildman–Crippen MR) is 65.7 cm³/mol. The van der Waals surface area contributed by atoms with Gasteiger partial charge in [-0.05, 0) is 54.4 Å². The van der Waals surface area contributed by atoms with E-state index in [1.165, 1.54) is 32.1 Å². The molecule has 0 aromatic rings. The van der Waals surface area contributed by atoms with Crippen molar-refractivity contribution in [2.75, 3.05) is 0 Å². The van der Waals surface area contributed by atoms with E-state index < -0.39 is 0 Å². The summed E-state index contributed by atoms with van der Waals surface area (Å²) in [5.74, 6) is 1.80. The molecule has 0 nitrogen and oxygen atoms in total. The molecular formula is C15H24. The van der Waals surface area contributed by atoms with Gasteiger partial charge in [-0.2, -0.15) is 0 Å². The first-order chi connectivity index (χ1) is 7.00. The molecule has 2 saturated carbocycles. The molecule has 0 saturated heterocycles. The van der Waals surface area contributed by atoms with Crippen LogP contribution in [-0.4, -0.2) is 0 Å². The van der Waals surface area contributed by atoms with E-state index in [2.05, 4.69) is 39.2 Å². The van der Waals surface area contributed by atoms with Crippen LogP contribution in [0.15, 0.2) is 18.4 Å². The van der Waals surface area contributed by atoms with Gasteiger partial charge >= 0.3 is 0 Å². The first kappa shape index (κ1) is 11.0. The Morgan fingerprint density at radius 1 is 1.27 bits per heavy atom. The van der Waals surface area contributed by atoms with Crippen LogP contribution in [-0.2, 0) is 0 Å². The molecule has 3 atom stereocenters. The summed E-state index contributed by atoms with van der Waals surface area (Å²) in [6.45, 7) is 11.1. The van der Waals surface area contributed by atoms with Crippen molar-refractivity contribution in [2.45, 2.75) is 52.9 Å². The van der Waals surface area contributed by atoms with Crippen molar-refractivity contribution in [1.82, 2.24) is 0 Å². The van der Waals surface area contributed by atoms with Gasteiger partial charge in [0.05, 0.1) is 0 Å². The molecule has 0 spiro atoms. The van der Waals surface area contributed by atoms with Crippen LogP contribution >= 0.6 is 0 Å². The van der Waals surface area contributed by atoms with E-state index in [0.29, 0.717) is 10.8 Å². The lowest BCUT2D eigenvalue weighted by Gasteiger charge is -2.59. The van der Waals surface area contributed by atoms with Crippen molar-refractivity contribution in [2.24, 2.45) is 22.7 Å². The maximum Gasteiger partial charge on any atom is -0.000410 e. The van der Waals surface area contributed by atoms with Crippen LogP contribution in [0, 0.1) is 22.7 Å². The molecule has 15 heavy (non-hydrogen) atoms. The van der Waals surface area contributed by atoms with Gasteiger partial charge in [0.1, 0.15) is 0 Å². The van der Waals surface area contributed by atoms with Crippen LogP contribution in [0.5, 0.6) is 0 Å². The minimum Gasteiger partial charge on any atom is -0.132 e. The fraction of sp³-hybridized carbons (Fsp3) is 0.800. The Hall–Kier alpha value is -0.480. The number of hydrogen-bond donors (Lipinski definition) is 0. The average Bonchev–Trinajstić information content (AvgIpc) is 2.25. The summed E-state index contributed by atoms with van der Waals surface area (Å²) in [5.41, 5.74) is 4.09. The molecule has 0 amide bonds. The first-order valence-corrected chi connectivity index (χ1v) is 6.37. The lowest BCUT2D eigenvalue weighted by molar-refractivity contribution is -0.0753. The Morgan fingerprint density at radius 3 is 2.60 bits per heavy atom. The molecule has 0 aromatic heterocycles. The smallest absolute Gasteiger partial charge is 0.000410 e. The van der Waals surface area contributed by atoms with E-state index in [-0.39, 0.29) is 0 Å². The monoisotopic (exact) mass is 204 g/mol. The van der Waals surface area contributed by atoms with Gasteiger partial charge in [0.15, 0.2) is 0 Å². The molecule has 2 aliphatic carbocycles. The van der Waals surface area contributed by atoms with Crippen molar-refractivity contribution >= 4 is 0 Å². The highest BCUT2D eigenvalue weighted by Gasteiger charge is 2.56.